The van der Waals surface area contributed by atoms with Crippen LogP contribution in [0, 0.1) is 0 Å². The molecule has 11 heavy (non-hydrogen) atoms. The van der Waals surface area contributed by atoms with Gasteiger partial charge in [-0.2, -0.15) is 0 Å². The number of hydrogen-bond acceptors (Lipinski definition) is 4. The zero-order valence-corrected chi connectivity index (χ0v) is 6.84. The van der Waals surface area contributed by atoms with Gasteiger partial charge in [0.1, 0.15) is 0 Å². The first-order valence-corrected chi connectivity index (χ1v) is 3.37. The Morgan fingerprint density at radius 1 is 1.82 bits per heavy atom. The van der Waals surface area contributed by atoms with Crippen LogP contribution < -0.4 is 5.32 Å². The lowest BCUT2D eigenvalue weighted by molar-refractivity contribution is 0.713. The van der Waals surface area contributed by atoms with Crippen LogP contribution in [0.2, 0.25) is 0 Å². The van der Waals surface area contributed by atoms with E-state index in [0.717, 1.165) is 0 Å². The molecule has 0 saturated heterocycles. The van der Waals surface area contributed by atoms with Crippen LogP contribution in [0.15, 0.2) is 11.6 Å². The molecule has 0 amide bonds. The third kappa shape index (κ3) is 2.19. The number of halogens is 1. The van der Waals surface area contributed by atoms with E-state index in [1.807, 2.05) is 0 Å². The van der Waals surface area contributed by atoms with Gasteiger partial charge in [-0.1, -0.05) is 23.3 Å². The van der Waals surface area contributed by atoms with Crippen LogP contribution in [0.3, 0.4) is 0 Å². The Morgan fingerprint density at radius 2 is 2.55 bits per heavy atom. The first-order valence-electron chi connectivity index (χ1n) is 2.99. The monoisotopic (exact) mass is 173 g/mol. The van der Waals surface area contributed by atoms with Gasteiger partial charge in [0, 0.05) is 12.1 Å². The van der Waals surface area contributed by atoms with Crippen LogP contribution in [-0.4, -0.2) is 26.8 Å². The van der Waals surface area contributed by atoms with E-state index in [0.29, 0.717) is 17.5 Å². The van der Waals surface area contributed by atoms with Gasteiger partial charge in [0.25, 0.3) is 0 Å². The minimum absolute atomic E-state index is 0.468. The van der Waals surface area contributed by atoms with E-state index in [2.05, 4.69) is 27.4 Å². The van der Waals surface area contributed by atoms with Gasteiger partial charge in [0.2, 0.25) is 5.95 Å². The third-order valence-electron chi connectivity index (χ3n) is 1.06. The summed E-state index contributed by atoms with van der Waals surface area (Å²) in [5.74, 6) is 0.576. The maximum absolute atomic E-state index is 5.51. The normalized spacial score (nSPS) is 9.64. The standard InChI is InChI=1S/C5H8ClN5/c1-4(6)3-7-5-8-9-10-11(5)2/h1,3H2,2H3,(H,7,8,10). The molecule has 0 spiro atoms. The van der Waals surface area contributed by atoms with Crippen molar-refractivity contribution in [3.05, 3.63) is 11.6 Å². The SMILES string of the molecule is C=C(Cl)CNc1nnnn1C. The van der Waals surface area contributed by atoms with E-state index in [4.69, 9.17) is 11.6 Å². The Bertz CT molecular complexity index is 255. The summed E-state index contributed by atoms with van der Waals surface area (Å²) >= 11 is 5.51. The number of rotatable bonds is 3. The fourth-order valence-electron chi connectivity index (χ4n) is 0.554. The number of aromatic nitrogens is 4. The second-order valence-corrected chi connectivity index (χ2v) is 2.53. The highest BCUT2D eigenvalue weighted by atomic mass is 35.5. The van der Waals surface area contributed by atoms with E-state index < -0.39 is 0 Å². The Balaban J connectivity index is 2.51. The molecule has 0 unspecified atom stereocenters. The molecule has 0 aliphatic carbocycles. The summed E-state index contributed by atoms with van der Waals surface area (Å²) < 4.78 is 1.51. The molecule has 60 valence electrons. The predicted molar refractivity (Wildman–Crippen MR) is 42.3 cm³/mol. The molecule has 0 aromatic carbocycles. The first-order chi connectivity index (χ1) is 5.20. The average Bonchev–Trinajstić information content (AvgIpc) is 2.31. The maximum Gasteiger partial charge on any atom is 0.242 e. The summed E-state index contributed by atoms with van der Waals surface area (Å²) in [7, 11) is 1.74. The number of aryl methyl sites for hydroxylation is 1. The summed E-state index contributed by atoms with van der Waals surface area (Å²) in [6, 6.07) is 0. The van der Waals surface area contributed by atoms with Crippen molar-refractivity contribution >= 4 is 17.5 Å². The quantitative estimate of drug-likeness (QED) is 0.718. The molecular formula is C5H8ClN5. The van der Waals surface area contributed by atoms with Gasteiger partial charge in [-0.3, -0.25) is 0 Å². The van der Waals surface area contributed by atoms with Crippen molar-refractivity contribution in [2.24, 2.45) is 7.05 Å². The predicted octanol–water partition coefficient (Wildman–Crippen LogP) is 0.374. The third-order valence-corrected chi connectivity index (χ3v) is 1.19. The molecule has 0 radical (unpaired) electrons. The van der Waals surface area contributed by atoms with Gasteiger partial charge in [0.15, 0.2) is 0 Å². The summed E-state index contributed by atoms with van der Waals surface area (Å²) in [5.41, 5.74) is 0. The molecule has 0 bridgehead atoms. The van der Waals surface area contributed by atoms with Crippen molar-refractivity contribution in [1.82, 2.24) is 20.2 Å². The number of hydrogen-bond donors (Lipinski definition) is 1. The summed E-state index contributed by atoms with van der Waals surface area (Å²) in [5, 5.41) is 14.1. The maximum atomic E-state index is 5.51. The molecule has 1 heterocycles. The number of nitrogens with zero attached hydrogens (tertiary/aromatic N) is 4. The Kier molecular flexibility index (Phi) is 2.43. The van der Waals surface area contributed by atoms with Crippen LogP contribution in [0.5, 0.6) is 0 Å². The van der Waals surface area contributed by atoms with Crippen LogP contribution in [-0.2, 0) is 7.05 Å². The number of anilines is 1. The van der Waals surface area contributed by atoms with Gasteiger partial charge in [-0.15, -0.1) is 0 Å². The lowest BCUT2D eigenvalue weighted by Gasteiger charge is -2.00. The molecule has 1 rings (SSSR count). The Hall–Kier alpha value is -1.10. The van der Waals surface area contributed by atoms with E-state index in [1.165, 1.54) is 4.68 Å². The molecule has 1 aromatic rings. The minimum Gasteiger partial charge on any atom is -0.348 e. The fourth-order valence-corrected chi connectivity index (χ4v) is 0.621. The van der Waals surface area contributed by atoms with Gasteiger partial charge >= 0.3 is 0 Å². The van der Waals surface area contributed by atoms with E-state index in [-0.39, 0.29) is 0 Å². The van der Waals surface area contributed by atoms with Gasteiger partial charge in [-0.25, -0.2) is 4.68 Å². The van der Waals surface area contributed by atoms with E-state index >= 15 is 0 Å². The average molecular weight is 174 g/mol. The molecule has 1 aromatic heterocycles. The first kappa shape index (κ1) is 8.00. The smallest absolute Gasteiger partial charge is 0.242 e. The molecule has 0 saturated carbocycles. The molecule has 5 nitrogen and oxygen atoms in total. The molecule has 0 aliphatic heterocycles. The summed E-state index contributed by atoms with van der Waals surface area (Å²) in [6.07, 6.45) is 0. The van der Waals surface area contributed by atoms with Gasteiger partial charge in [-0.05, 0) is 10.4 Å². The van der Waals surface area contributed by atoms with Gasteiger partial charge in [0.05, 0.1) is 6.54 Å². The van der Waals surface area contributed by atoms with Crippen molar-refractivity contribution in [3.8, 4) is 0 Å². The summed E-state index contributed by atoms with van der Waals surface area (Å²) in [6.45, 7) is 3.98. The topological polar surface area (TPSA) is 55.6 Å². The highest BCUT2D eigenvalue weighted by Crippen LogP contribution is 2.00. The lowest BCUT2D eigenvalue weighted by atomic mass is 10.6. The second kappa shape index (κ2) is 3.34. The molecule has 0 atom stereocenters. The summed E-state index contributed by atoms with van der Waals surface area (Å²) in [4.78, 5) is 0. The lowest BCUT2D eigenvalue weighted by Crippen LogP contribution is -2.06. The largest absolute Gasteiger partial charge is 0.348 e. The van der Waals surface area contributed by atoms with Crippen molar-refractivity contribution in [1.29, 1.82) is 0 Å². The van der Waals surface area contributed by atoms with E-state index in [9.17, 15) is 0 Å². The molecule has 1 N–H and O–H groups in total. The molecule has 0 aliphatic rings. The Labute approximate surface area is 69.0 Å². The Morgan fingerprint density at radius 3 is 3.00 bits per heavy atom. The van der Waals surface area contributed by atoms with Crippen LogP contribution in [0.4, 0.5) is 5.95 Å². The van der Waals surface area contributed by atoms with Crippen molar-refractivity contribution < 1.29 is 0 Å². The van der Waals surface area contributed by atoms with Crippen LogP contribution >= 0.6 is 11.6 Å². The number of nitrogens with one attached hydrogen (secondary N) is 1. The van der Waals surface area contributed by atoms with Crippen molar-refractivity contribution in [2.45, 2.75) is 0 Å². The zero-order chi connectivity index (χ0) is 8.27. The van der Waals surface area contributed by atoms with Crippen LogP contribution in [0.25, 0.3) is 0 Å². The van der Waals surface area contributed by atoms with Crippen molar-refractivity contribution in [2.75, 3.05) is 11.9 Å². The van der Waals surface area contributed by atoms with E-state index in [1.54, 1.807) is 7.05 Å². The molecular weight excluding hydrogens is 166 g/mol. The number of tetrazole rings is 1. The van der Waals surface area contributed by atoms with Crippen LogP contribution in [0.1, 0.15) is 0 Å². The van der Waals surface area contributed by atoms with Crippen molar-refractivity contribution in [3.63, 3.8) is 0 Å². The second-order valence-electron chi connectivity index (χ2n) is 2.00. The highest BCUT2D eigenvalue weighted by Gasteiger charge is 1.98. The fraction of sp³-hybridized carbons (Fsp3) is 0.400. The molecule has 0 fully saturated rings. The highest BCUT2D eigenvalue weighted by molar-refractivity contribution is 6.29. The minimum atomic E-state index is 0.468. The van der Waals surface area contributed by atoms with Gasteiger partial charge < -0.3 is 5.32 Å². The zero-order valence-electron chi connectivity index (χ0n) is 6.08. The molecule has 6 heteroatoms.